The summed E-state index contributed by atoms with van der Waals surface area (Å²) in [5.41, 5.74) is 0. The predicted octanol–water partition coefficient (Wildman–Crippen LogP) is 1.47. The van der Waals surface area contributed by atoms with Crippen LogP contribution in [-0.2, 0) is 0 Å². The predicted molar refractivity (Wildman–Crippen MR) is 55.8 cm³/mol. The van der Waals surface area contributed by atoms with Crippen molar-refractivity contribution in [2.45, 2.75) is 45.2 Å². The number of piperidine rings is 1. The molecule has 0 spiro atoms. The highest BCUT2D eigenvalue weighted by Crippen LogP contribution is 2.25. The summed E-state index contributed by atoms with van der Waals surface area (Å²) in [6.45, 7) is 8.50. The summed E-state index contributed by atoms with van der Waals surface area (Å²) in [6.07, 6.45) is 4.24. The second kappa shape index (κ2) is 3.97. The second-order valence-corrected chi connectivity index (χ2v) is 4.86. The maximum atomic E-state index is 3.65. The molecule has 0 aromatic heterocycles. The maximum Gasteiger partial charge on any atom is 0.0120 e. The molecule has 76 valence electrons. The van der Waals surface area contributed by atoms with Crippen molar-refractivity contribution in [1.82, 2.24) is 10.2 Å². The third kappa shape index (κ3) is 2.05. The fraction of sp³-hybridized carbons (Fsp3) is 1.00. The van der Waals surface area contributed by atoms with Crippen molar-refractivity contribution >= 4 is 0 Å². The van der Waals surface area contributed by atoms with E-state index >= 15 is 0 Å². The van der Waals surface area contributed by atoms with Gasteiger partial charge in [0.25, 0.3) is 0 Å². The summed E-state index contributed by atoms with van der Waals surface area (Å²) in [6, 6.07) is 1.59. The SMILES string of the molecule is CC(C)N1CC(C2CCCCN2)C1. The van der Waals surface area contributed by atoms with Crippen molar-refractivity contribution < 1.29 is 0 Å². The minimum absolute atomic E-state index is 0.750. The van der Waals surface area contributed by atoms with Crippen LogP contribution in [0.15, 0.2) is 0 Å². The fourth-order valence-electron chi connectivity index (χ4n) is 2.51. The summed E-state index contributed by atoms with van der Waals surface area (Å²) >= 11 is 0. The molecule has 2 rings (SSSR count). The first-order valence-corrected chi connectivity index (χ1v) is 5.75. The van der Waals surface area contributed by atoms with Gasteiger partial charge in [-0.05, 0) is 39.2 Å². The Kier molecular flexibility index (Phi) is 2.89. The zero-order valence-corrected chi connectivity index (χ0v) is 8.92. The number of rotatable bonds is 2. The summed E-state index contributed by atoms with van der Waals surface area (Å²) < 4.78 is 0. The van der Waals surface area contributed by atoms with E-state index in [1.54, 1.807) is 0 Å². The second-order valence-electron chi connectivity index (χ2n) is 4.86. The van der Waals surface area contributed by atoms with E-state index in [1.165, 1.54) is 38.9 Å². The zero-order chi connectivity index (χ0) is 9.26. The van der Waals surface area contributed by atoms with Crippen molar-refractivity contribution in [1.29, 1.82) is 0 Å². The van der Waals surface area contributed by atoms with E-state index in [2.05, 4.69) is 24.1 Å². The van der Waals surface area contributed by atoms with E-state index in [-0.39, 0.29) is 0 Å². The van der Waals surface area contributed by atoms with Crippen LogP contribution in [0, 0.1) is 5.92 Å². The molecule has 13 heavy (non-hydrogen) atoms. The van der Waals surface area contributed by atoms with Gasteiger partial charge in [-0.25, -0.2) is 0 Å². The van der Waals surface area contributed by atoms with Crippen LogP contribution in [0.4, 0.5) is 0 Å². The summed E-state index contributed by atoms with van der Waals surface area (Å²) in [4.78, 5) is 2.57. The van der Waals surface area contributed by atoms with Crippen LogP contribution in [0.3, 0.4) is 0 Å². The molecule has 2 aliphatic heterocycles. The molecular weight excluding hydrogens is 160 g/mol. The molecule has 0 aliphatic carbocycles. The lowest BCUT2D eigenvalue weighted by Crippen LogP contribution is -2.58. The number of hydrogen-bond acceptors (Lipinski definition) is 2. The molecule has 2 aliphatic rings. The minimum Gasteiger partial charge on any atom is -0.314 e. The molecule has 2 heteroatoms. The van der Waals surface area contributed by atoms with Crippen LogP contribution in [0.5, 0.6) is 0 Å². The molecule has 1 unspecified atom stereocenters. The molecule has 0 bridgehead atoms. The zero-order valence-electron chi connectivity index (χ0n) is 8.92. The highest BCUT2D eigenvalue weighted by molar-refractivity contribution is 4.91. The number of nitrogens with zero attached hydrogens (tertiary/aromatic N) is 1. The Morgan fingerprint density at radius 3 is 2.54 bits per heavy atom. The third-order valence-electron chi connectivity index (χ3n) is 3.59. The van der Waals surface area contributed by atoms with Gasteiger partial charge in [0.2, 0.25) is 0 Å². The first-order chi connectivity index (χ1) is 6.27. The Balaban J connectivity index is 1.72. The van der Waals surface area contributed by atoms with Crippen LogP contribution >= 0.6 is 0 Å². The van der Waals surface area contributed by atoms with Crippen LogP contribution in [0.1, 0.15) is 33.1 Å². The number of likely N-dealkylation sites (tertiary alicyclic amines) is 1. The van der Waals surface area contributed by atoms with Gasteiger partial charge >= 0.3 is 0 Å². The number of hydrogen-bond donors (Lipinski definition) is 1. The van der Waals surface area contributed by atoms with Gasteiger partial charge in [-0.2, -0.15) is 0 Å². The van der Waals surface area contributed by atoms with Gasteiger partial charge in [-0.15, -0.1) is 0 Å². The van der Waals surface area contributed by atoms with Gasteiger partial charge in [0, 0.05) is 25.2 Å². The normalized spacial score (nSPS) is 32.1. The Morgan fingerprint density at radius 1 is 1.23 bits per heavy atom. The molecule has 2 fully saturated rings. The largest absolute Gasteiger partial charge is 0.314 e. The standard InChI is InChI=1S/C11H22N2/c1-9(2)13-7-10(8-13)11-5-3-4-6-12-11/h9-12H,3-8H2,1-2H3. The maximum absolute atomic E-state index is 3.65. The summed E-state index contributed by atoms with van der Waals surface area (Å²) in [5.74, 6) is 0.947. The molecule has 1 atom stereocenters. The van der Waals surface area contributed by atoms with Gasteiger partial charge in [0.1, 0.15) is 0 Å². The van der Waals surface area contributed by atoms with E-state index in [0.29, 0.717) is 0 Å². The quantitative estimate of drug-likeness (QED) is 0.695. The van der Waals surface area contributed by atoms with E-state index in [1.807, 2.05) is 0 Å². The molecule has 2 nitrogen and oxygen atoms in total. The molecular formula is C11H22N2. The van der Waals surface area contributed by atoms with E-state index in [0.717, 1.165) is 18.0 Å². The lowest BCUT2D eigenvalue weighted by atomic mass is 9.85. The topological polar surface area (TPSA) is 15.3 Å². The molecule has 2 heterocycles. The van der Waals surface area contributed by atoms with Crippen molar-refractivity contribution in [2.75, 3.05) is 19.6 Å². The lowest BCUT2D eigenvalue weighted by molar-refractivity contribution is 0.0374. The molecule has 0 radical (unpaired) electrons. The average Bonchev–Trinajstić information content (AvgIpc) is 2.02. The van der Waals surface area contributed by atoms with Crippen LogP contribution in [0.25, 0.3) is 0 Å². The van der Waals surface area contributed by atoms with Gasteiger partial charge in [-0.1, -0.05) is 6.42 Å². The fourth-order valence-corrected chi connectivity index (χ4v) is 2.51. The molecule has 2 saturated heterocycles. The van der Waals surface area contributed by atoms with Crippen molar-refractivity contribution in [2.24, 2.45) is 5.92 Å². The Labute approximate surface area is 81.7 Å². The smallest absolute Gasteiger partial charge is 0.0120 e. The molecule has 1 N–H and O–H groups in total. The van der Waals surface area contributed by atoms with Crippen LogP contribution in [-0.4, -0.2) is 36.6 Å². The Morgan fingerprint density at radius 2 is 2.00 bits per heavy atom. The molecule has 0 aromatic rings. The first kappa shape index (κ1) is 9.47. The monoisotopic (exact) mass is 182 g/mol. The highest BCUT2D eigenvalue weighted by Gasteiger charge is 2.34. The summed E-state index contributed by atoms with van der Waals surface area (Å²) in [5, 5.41) is 3.65. The molecule has 0 saturated carbocycles. The molecule has 0 aromatic carbocycles. The van der Waals surface area contributed by atoms with E-state index in [4.69, 9.17) is 0 Å². The van der Waals surface area contributed by atoms with Gasteiger partial charge in [-0.3, -0.25) is 0 Å². The first-order valence-electron chi connectivity index (χ1n) is 5.75. The van der Waals surface area contributed by atoms with Crippen molar-refractivity contribution in [3.05, 3.63) is 0 Å². The van der Waals surface area contributed by atoms with Gasteiger partial charge in [0.15, 0.2) is 0 Å². The van der Waals surface area contributed by atoms with Gasteiger partial charge in [0.05, 0.1) is 0 Å². The summed E-state index contributed by atoms with van der Waals surface area (Å²) in [7, 11) is 0. The highest BCUT2D eigenvalue weighted by atomic mass is 15.2. The average molecular weight is 182 g/mol. The Hall–Kier alpha value is -0.0800. The van der Waals surface area contributed by atoms with Gasteiger partial charge < -0.3 is 10.2 Å². The van der Waals surface area contributed by atoms with E-state index < -0.39 is 0 Å². The minimum atomic E-state index is 0.750. The van der Waals surface area contributed by atoms with Crippen LogP contribution < -0.4 is 5.32 Å². The molecule has 0 amide bonds. The van der Waals surface area contributed by atoms with Crippen molar-refractivity contribution in [3.8, 4) is 0 Å². The van der Waals surface area contributed by atoms with E-state index in [9.17, 15) is 0 Å². The lowest BCUT2D eigenvalue weighted by Gasteiger charge is -2.47. The Bertz CT molecular complexity index is 155. The van der Waals surface area contributed by atoms with Crippen LogP contribution in [0.2, 0.25) is 0 Å². The number of nitrogens with one attached hydrogen (secondary N) is 1. The third-order valence-corrected chi connectivity index (χ3v) is 3.59. The van der Waals surface area contributed by atoms with Crippen molar-refractivity contribution in [3.63, 3.8) is 0 Å².